The quantitative estimate of drug-likeness (QED) is 0.670. The highest BCUT2D eigenvalue weighted by atomic mass is 16.5. The van der Waals surface area contributed by atoms with E-state index in [-0.39, 0.29) is 0 Å². The molecule has 0 N–H and O–H groups in total. The second-order valence-electron chi connectivity index (χ2n) is 5.08. The highest BCUT2D eigenvalue weighted by Crippen LogP contribution is 2.26. The van der Waals surface area contributed by atoms with Crippen molar-refractivity contribution in [3.8, 4) is 5.75 Å². The Labute approximate surface area is 121 Å². The van der Waals surface area contributed by atoms with Crippen LogP contribution in [0.1, 0.15) is 35.6 Å². The van der Waals surface area contributed by atoms with Crippen LogP contribution >= 0.6 is 0 Å². The van der Waals surface area contributed by atoms with Gasteiger partial charge in [0.1, 0.15) is 5.75 Å². The Kier molecular flexibility index (Phi) is 5.00. The fraction of sp³-hybridized carbons (Fsp3) is 0.263. The van der Waals surface area contributed by atoms with Gasteiger partial charge in [0.05, 0.1) is 6.61 Å². The number of ether oxygens (including phenoxy) is 1. The van der Waals surface area contributed by atoms with Gasteiger partial charge in [0.2, 0.25) is 0 Å². The Morgan fingerprint density at radius 1 is 0.900 bits per heavy atom. The average Bonchev–Trinajstić information content (AvgIpc) is 2.45. The van der Waals surface area contributed by atoms with E-state index >= 15 is 0 Å². The van der Waals surface area contributed by atoms with Crippen molar-refractivity contribution in [3.05, 3.63) is 64.7 Å². The van der Waals surface area contributed by atoms with E-state index in [1.807, 2.05) is 6.07 Å². The molecule has 0 bridgehead atoms. The highest BCUT2D eigenvalue weighted by molar-refractivity contribution is 5.70. The first kappa shape index (κ1) is 14.4. The van der Waals surface area contributed by atoms with Crippen LogP contribution in [0, 0.1) is 13.8 Å². The summed E-state index contributed by atoms with van der Waals surface area (Å²) in [7, 11) is 0. The molecule has 0 aliphatic carbocycles. The molecule has 0 amide bonds. The smallest absolute Gasteiger partial charge is 0.125 e. The summed E-state index contributed by atoms with van der Waals surface area (Å²) in [4.78, 5) is 0. The van der Waals surface area contributed by atoms with E-state index in [4.69, 9.17) is 4.74 Å². The Morgan fingerprint density at radius 3 is 2.10 bits per heavy atom. The lowest BCUT2D eigenvalue weighted by molar-refractivity contribution is 0.313. The fourth-order valence-corrected chi connectivity index (χ4v) is 2.27. The predicted octanol–water partition coefficient (Wildman–Crippen LogP) is 5.26. The van der Waals surface area contributed by atoms with Crippen molar-refractivity contribution >= 4 is 12.2 Å². The van der Waals surface area contributed by atoms with Crippen molar-refractivity contribution in [2.45, 2.75) is 27.2 Å². The van der Waals surface area contributed by atoms with Gasteiger partial charge in [-0.1, -0.05) is 49.4 Å². The van der Waals surface area contributed by atoms with Crippen LogP contribution in [-0.4, -0.2) is 6.61 Å². The van der Waals surface area contributed by atoms with Crippen LogP contribution in [0.2, 0.25) is 0 Å². The first-order valence-electron chi connectivity index (χ1n) is 7.18. The topological polar surface area (TPSA) is 9.23 Å². The molecule has 0 radical (unpaired) electrons. The van der Waals surface area contributed by atoms with Gasteiger partial charge in [-0.2, -0.15) is 0 Å². The SMILES string of the molecule is CCCOc1c(C)cc(/C=C/c2ccccc2)cc1C. The van der Waals surface area contributed by atoms with Crippen molar-refractivity contribution in [1.29, 1.82) is 0 Å². The van der Waals surface area contributed by atoms with Gasteiger partial charge in [-0.25, -0.2) is 0 Å². The summed E-state index contributed by atoms with van der Waals surface area (Å²) >= 11 is 0. The molecular weight excluding hydrogens is 244 g/mol. The molecule has 1 heteroatoms. The summed E-state index contributed by atoms with van der Waals surface area (Å²) < 4.78 is 5.81. The lowest BCUT2D eigenvalue weighted by Gasteiger charge is -2.12. The maximum atomic E-state index is 5.81. The number of hydrogen-bond donors (Lipinski definition) is 0. The van der Waals surface area contributed by atoms with E-state index in [0.29, 0.717) is 0 Å². The Morgan fingerprint density at radius 2 is 1.50 bits per heavy atom. The van der Waals surface area contributed by atoms with Crippen molar-refractivity contribution < 1.29 is 4.74 Å². The number of rotatable bonds is 5. The van der Waals surface area contributed by atoms with E-state index < -0.39 is 0 Å². The third kappa shape index (κ3) is 3.74. The minimum atomic E-state index is 0.779. The minimum Gasteiger partial charge on any atom is -0.493 e. The molecule has 2 aromatic rings. The largest absolute Gasteiger partial charge is 0.493 e. The van der Waals surface area contributed by atoms with Crippen LogP contribution in [0.3, 0.4) is 0 Å². The number of benzene rings is 2. The monoisotopic (exact) mass is 266 g/mol. The van der Waals surface area contributed by atoms with Crippen LogP contribution in [0.25, 0.3) is 12.2 Å². The standard InChI is InChI=1S/C19H22O/c1-4-12-20-19-15(2)13-18(14-16(19)3)11-10-17-8-6-5-7-9-17/h5-11,13-14H,4,12H2,1-3H3/b11-10+. The van der Waals surface area contributed by atoms with Crippen LogP contribution in [0.4, 0.5) is 0 Å². The molecule has 0 atom stereocenters. The van der Waals surface area contributed by atoms with E-state index in [0.717, 1.165) is 18.8 Å². The summed E-state index contributed by atoms with van der Waals surface area (Å²) in [6, 6.07) is 14.7. The third-order valence-electron chi connectivity index (χ3n) is 3.20. The van der Waals surface area contributed by atoms with E-state index in [2.05, 4.69) is 69.3 Å². The summed E-state index contributed by atoms with van der Waals surface area (Å²) in [5, 5.41) is 0. The van der Waals surface area contributed by atoms with Gasteiger partial charge >= 0.3 is 0 Å². The summed E-state index contributed by atoms with van der Waals surface area (Å²) in [6.45, 7) is 7.12. The lowest BCUT2D eigenvalue weighted by Crippen LogP contribution is -1.99. The second kappa shape index (κ2) is 6.95. The Hall–Kier alpha value is -2.02. The molecule has 2 rings (SSSR count). The molecule has 0 aromatic heterocycles. The minimum absolute atomic E-state index is 0.779. The van der Waals surface area contributed by atoms with E-state index in [1.165, 1.54) is 22.3 Å². The second-order valence-corrected chi connectivity index (χ2v) is 5.08. The number of aryl methyl sites for hydroxylation is 2. The maximum Gasteiger partial charge on any atom is 0.125 e. The van der Waals surface area contributed by atoms with Gasteiger partial charge in [0, 0.05) is 0 Å². The fourth-order valence-electron chi connectivity index (χ4n) is 2.27. The van der Waals surface area contributed by atoms with Gasteiger partial charge in [0.15, 0.2) is 0 Å². The van der Waals surface area contributed by atoms with E-state index in [9.17, 15) is 0 Å². The van der Waals surface area contributed by atoms with Crippen molar-refractivity contribution in [2.75, 3.05) is 6.61 Å². The zero-order chi connectivity index (χ0) is 14.4. The van der Waals surface area contributed by atoms with E-state index in [1.54, 1.807) is 0 Å². The first-order valence-corrected chi connectivity index (χ1v) is 7.18. The summed E-state index contributed by atoms with van der Waals surface area (Å²) in [6.07, 6.45) is 5.33. The van der Waals surface area contributed by atoms with Crippen LogP contribution in [0.5, 0.6) is 5.75 Å². The molecular formula is C19H22O. The third-order valence-corrected chi connectivity index (χ3v) is 3.20. The highest BCUT2D eigenvalue weighted by Gasteiger charge is 2.04. The molecule has 0 saturated carbocycles. The van der Waals surface area contributed by atoms with Gasteiger partial charge in [-0.05, 0) is 54.7 Å². The molecule has 0 saturated heterocycles. The van der Waals surface area contributed by atoms with Crippen molar-refractivity contribution in [2.24, 2.45) is 0 Å². The van der Waals surface area contributed by atoms with Crippen LogP contribution < -0.4 is 4.74 Å². The molecule has 104 valence electrons. The van der Waals surface area contributed by atoms with Crippen LogP contribution in [-0.2, 0) is 0 Å². The zero-order valence-electron chi connectivity index (χ0n) is 12.5. The Balaban J connectivity index is 2.20. The zero-order valence-corrected chi connectivity index (χ0v) is 12.5. The number of hydrogen-bond acceptors (Lipinski definition) is 1. The lowest BCUT2D eigenvalue weighted by atomic mass is 10.0. The first-order chi connectivity index (χ1) is 9.70. The molecule has 2 aromatic carbocycles. The molecule has 0 aliphatic heterocycles. The molecule has 0 heterocycles. The van der Waals surface area contributed by atoms with Gasteiger partial charge in [0.25, 0.3) is 0 Å². The molecule has 0 aliphatic rings. The molecule has 0 spiro atoms. The average molecular weight is 266 g/mol. The maximum absolute atomic E-state index is 5.81. The Bertz CT molecular complexity index is 559. The molecule has 20 heavy (non-hydrogen) atoms. The van der Waals surface area contributed by atoms with Crippen LogP contribution in [0.15, 0.2) is 42.5 Å². The molecule has 1 nitrogen and oxygen atoms in total. The van der Waals surface area contributed by atoms with Crippen molar-refractivity contribution in [3.63, 3.8) is 0 Å². The van der Waals surface area contributed by atoms with Gasteiger partial charge in [-0.3, -0.25) is 0 Å². The van der Waals surface area contributed by atoms with Crippen molar-refractivity contribution in [1.82, 2.24) is 0 Å². The van der Waals surface area contributed by atoms with Gasteiger partial charge < -0.3 is 4.74 Å². The molecule has 0 fully saturated rings. The van der Waals surface area contributed by atoms with Gasteiger partial charge in [-0.15, -0.1) is 0 Å². The molecule has 0 unspecified atom stereocenters. The predicted molar refractivity (Wildman–Crippen MR) is 87.1 cm³/mol. The summed E-state index contributed by atoms with van der Waals surface area (Å²) in [5.41, 5.74) is 4.83. The normalized spacial score (nSPS) is 10.9. The summed E-state index contributed by atoms with van der Waals surface area (Å²) in [5.74, 6) is 1.03.